The van der Waals surface area contributed by atoms with Crippen LogP contribution in [0.3, 0.4) is 0 Å². The van der Waals surface area contributed by atoms with E-state index in [2.05, 4.69) is 31.3 Å². The highest BCUT2D eigenvalue weighted by atomic mass is 16.2. The number of aromatic amines is 1. The first-order valence-electron chi connectivity index (χ1n) is 6.56. The molecule has 0 saturated carbocycles. The third-order valence-corrected chi connectivity index (χ3v) is 2.96. The fourth-order valence-corrected chi connectivity index (χ4v) is 1.63. The van der Waals surface area contributed by atoms with Crippen LogP contribution in [0.2, 0.25) is 0 Å². The van der Waals surface area contributed by atoms with Gasteiger partial charge in [-0.15, -0.1) is 10.2 Å². The first-order chi connectivity index (χ1) is 10.1. The minimum atomic E-state index is -0.535. The number of aromatic nitrogens is 4. The number of anilines is 1. The van der Waals surface area contributed by atoms with Gasteiger partial charge in [-0.3, -0.25) is 9.59 Å². The second kappa shape index (κ2) is 6.60. The lowest BCUT2D eigenvalue weighted by Crippen LogP contribution is -2.32. The molecule has 0 aliphatic rings. The molecule has 0 bridgehead atoms. The minimum Gasteiger partial charge on any atom is -0.350 e. The molecule has 0 fully saturated rings. The van der Waals surface area contributed by atoms with Crippen LogP contribution >= 0.6 is 0 Å². The number of hydrogen-bond acceptors (Lipinski definition) is 5. The minimum absolute atomic E-state index is 0.0541. The van der Waals surface area contributed by atoms with Crippen LogP contribution in [-0.2, 0) is 0 Å². The Bertz CT molecular complexity index is 625. The summed E-state index contributed by atoms with van der Waals surface area (Å²) in [6, 6.07) is 6.80. The Kier molecular flexibility index (Phi) is 4.60. The third kappa shape index (κ3) is 3.62. The van der Waals surface area contributed by atoms with Crippen LogP contribution in [0.15, 0.2) is 24.3 Å². The zero-order valence-corrected chi connectivity index (χ0v) is 11.8. The SMILES string of the molecule is CCC(C)NC(=O)c1ccccc1NC(=O)c1nn[nH]n1. The number of tetrazole rings is 1. The Balaban J connectivity index is 2.17. The first kappa shape index (κ1) is 14.6. The lowest BCUT2D eigenvalue weighted by molar-refractivity contribution is 0.0940. The van der Waals surface area contributed by atoms with E-state index in [1.807, 2.05) is 13.8 Å². The second-order valence-electron chi connectivity index (χ2n) is 4.52. The lowest BCUT2D eigenvalue weighted by atomic mass is 10.1. The number of nitrogens with zero attached hydrogens (tertiary/aromatic N) is 3. The monoisotopic (exact) mass is 288 g/mol. The van der Waals surface area contributed by atoms with Crippen LogP contribution in [0.4, 0.5) is 5.69 Å². The Morgan fingerprint density at radius 3 is 2.71 bits per heavy atom. The number of H-pyrrole nitrogens is 1. The van der Waals surface area contributed by atoms with Gasteiger partial charge in [0, 0.05) is 6.04 Å². The molecule has 1 heterocycles. The second-order valence-corrected chi connectivity index (χ2v) is 4.52. The molecule has 8 nitrogen and oxygen atoms in total. The van der Waals surface area contributed by atoms with Crippen molar-refractivity contribution in [2.75, 3.05) is 5.32 Å². The zero-order chi connectivity index (χ0) is 15.2. The summed E-state index contributed by atoms with van der Waals surface area (Å²) in [4.78, 5) is 24.1. The quantitative estimate of drug-likeness (QED) is 0.759. The van der Waals surface area contributed by atoms with Crippen molar-refractivity contribution in [3.8, 4) is 0 Å². The van der Waals surface area contributed by atoms with E-state index >= 15 is 0 Å². The molecule has 2 aromatic rings. The maximum absolute atomic E-state index is 12.2. The van der Waals surface area contributed by atoms with Gasteiger partial charge >= 0.3 is 0 Å². The van der Waals surface area contributed by atoms with Gasteiger partial charge in [-0.2, -0.15) is 5.21 Å². The molecule has 0 saturated heterocycles. The summed E-state index contributed by atoms with van der Waals surface area (Å²) in [7, 11) is 0. The molecule has 21 heavy (non-hydrogen) atoms. The molecule has 0 spiro atoms. The number of rotatable bonds is 5. The fourth-order valence-electron chi connectivity index (χ4n) is 1.63. The Morgan fingerprint density at radius 2 is 2.05 bits per heavy atom. The van der Waals surface area contributed by atoms with E-state index in [0.717, 1.165) is 6.42 Å². The van der Waals surface area contributed by atoms with Crippen LogP contribution in [0.5, 0.6) is 0 Å². The number of carbonyl (C=O) groups is 2. The highest BCUT2D eigenvalue weighted by molar-refractivity contribution is 6.07. The molecule has 1 aromatic carbocycles. The standard InChI is InChI=1S/C13H16N6O2/c1-3-8(2)14-12(20)9-6-4-5-7-10(9)15-13(21)11-16-18-19-17-11/h4-8H,3H2,1-2H3,(H,14,20)(H,15,21)(H,16,17,18,19). The van der Waals surface area contributed by atoms with Crippen LogP contribution in [0.25, 0.3) is 0 Å². The Hall–Kier alpha value is -2.77. The van der Waals surface area contributed by atoms with E-state index in [1.54, 1.807) is 24.3 Å². The maximum atomic E-state index is 12.2. The molecule has 2 amide bonds. The summed E-state index contributed by atoms with van der Waals surface area (Å²) >= 11 is 0. The van der Waals surface area contributed by atoms with E-state index in [9.17, 15) is 9.59 Å². The van der Waals surface area contributed by atoms with Crippen molar-refractivity contribution in [1.82, 2.24) is 25.9 Å². The van der Waals surface area contributed by atoms with Gasteiger partial charge in [-0.1, -0.05) is 19.1 Å². The summed E-state index contributed by atoms with van der Waals surface area (Å²) in [5.41, 5.74) is 0.780. The van der Waals surface area contributed by atoms with Gasteiger partial charge in [0.25, 0.3) is 17.6 Å². The van der Waals surface area contributed by atoms with E-state index in [-0.39, 0.29) is 17.8 Å². The maximum Gasteiger partial charge on any atom is 0.297 e. The number of benzene rings is 1. The van der Waals surface area contributed by atoms with E-state index in [0.29, 0.717) is 11.3 Å². The number of amides is 2. The van der Waals surface area contributed by atoms with Crippen molar-refractivity contribution in [1.29, 1.82) is 0 Å². The van der Waals surface area contributed by atoms with Gasteiger partial charge < -0.3 is 10.6 Å². The van der Waals surface area contributed by atoms with Gasteiger partial charge in [0.2, 0.25) is 0 Å². The first-order valence-corrected chi connectivity index (χ1v) is 6.56. The molecule has 110 valence electrons. The molecule has 1 unspecified atom stereocenters. The number of carbonyl (C=O) groups excluding carboxylic acids is 2. The summed E-state index contributed by atoms with van der Waals surface area (Å²) in [5.74, 6) is -0.868. The fraction of sp³-hybridized carbons (Fsp3) is 0.308. The van der Waals surface area contributed by atoms with Crippen LogP contribution in [0, 0.1) is 0 Å². The molecular weight excluding hydrogens is 272 g/mol. The van der Waals surface area contributed by atoms with Crippen LogP contribution in [-0.4, -0.2) is 38.5 Å². The molecule has 2 rings (SSSR count). The normalized spacial score (nSPS) is 11.7. The predicted molar refractivity (Wildman–Crippen MR) is 75.8 cm³/mol. The molecule has 0 aliphatic carbocycles. The van der Waals surface area contributed by atoms with E-state index in [4.69, 9.17) is 0 Å². The van der Waals surface area contributed by atoms with Gasteiger partial charge in [0.05, 0.1) is 11.3 Å². The van der Waals surface area contributed by atoms with Crippen molar-refractivity contribution >= 4 is 17.5 Å². The van der Waals surface area contributed by atoms with Gasteiger partial charge in [-0.25, -0.2) is 0 Å². The average molecular weight is 288 g/mol. The predicted octanol–water partition coefficient (Wildman–Crippen LogP) is 0.980. The number of nitrogens with one attached hydrogen (secondary N) is 3. The van der Waals surface area contributed by atoms with Crippen molar-refractivity contribution in [2.45, 2.75) is 26.3 Å². The molecule has 0 aliphatic heterocycles. The van der Waals surface area contributed by atoms with Crippen molar-refractivity contribution in [2.24, 2.45) is 0 Å². The van der Waals surface area contributed by atoms with Crippen LogP contribution in [0.1, 0.15) is 41.2 Å². The molecular formula is C13H16N6O2. The van der Waals surface area contributed by atoms with Crippen molar-refractivity contribution in [3.63, 3.8) is 0 Å². The summed E-state index contributed by atoms with van der Waals surface area (Å²) in [6.07, 6.45) is 0.823. The van der Waals surface area contributed by atoms with E-state index in [1.165, 1.54) is 0 Å². The highest BCUT2D eigenvalue weighted by Crippen LogP contribution is 2.15. The van der Waals surface area contributed by atoms with Gasteiger partial charge in [0.1, 0.15) is 0 Å². The lowest BCUT2D eigenvalue weighted by Gasteiger charge is -2.14. The Labute approximate surface area is 121 Å². The summed E-state index contributed by atoms with van der Waals surface area (Å²) in [6.45, 7) is 3.90. The molecule has 3 N–H and O–H groups in total. The smallest absolute Gasteiger partial charge is 0.297 e. The summed E-state index contributed by atoms with van der Waals surface area (Å²) < 4.78 is 0. The average Bonchev–Trinajstić information content (AvgIpc) is 3.01. The summed E-state index contributed by atoms with van der Waals surface area (Å²) in [5, 5.41) is 18.1. The molecule has 8 heteroatoms. The molecule has 0 radical (unpaired) electrons. The van der Waals surface area contributed by atoms with Crippen molar-refractivity contribution < 1.29 is 9.59 Å². The topological polar surface area (TPSA) is 113 Å². The third-order valence-electron chi connectivity index (χ3n) is 2.96. The van der Waals surface area contributed by atoms with Gasteiger partial charge in [0.15, 0.2) is 0 Å². The highest BCUT2D eigenvalue weighted by Gasteiger charge is 2.17. The molecule has 1 aromatic heterocycles. The largest absolute Gasteiger partial charge is 0.350 e. The Morgan fingerprint density at radius 1 is 1.29 bits per heavy atom. The van der Waals surface area contributed by atoms with Crippen molar-refractivity contribution in [3.05, 3.63) is 35.7 Å². The number of para-hydroxylation sites is 1. The van der Waals surface area contributed by atoms with Crippen LogP contribution < -0.4 is 10.6 Å². The van der Waals surface area contributed by atoms with Gasteiger partial charge in [-0.05, 0) is 30.7 Å². The zero-order valence-electron chi connectivity index (χ0n) is 11.8. The number of hydrogen-bond donors (Lipinski definition) is 3. The molecule has 1 atom stereocenters. The van der Waals surface area contributed by atoms with E-state index < -0.39 is 5.91 Å².